The molecule has 21 heavy (non-hydrogen) atoms. The molecule has 0 fully saturated rings. The molecule has 1 heterocycles. The van der Waals surface area contributed by atoms with E-state index in [2.05, 4.69) is 10.6 Å². The molecule has 0 aliphatic rings. The summed E-state index contributed by atoms with van der Waals surface area (Å²) in [7, 11) is 0. The van der Waals surface area contributed by atoms with Crippen molar-refractivity contribution in [2.75, 3.05) is 6.61 Å². The summed E-state index contributed by atoms with van der Waals surface area (Å²) in [6.07, 6.45) is 1.27. The molecule has 0 bridgehead atoms. The Morgan fingerprint density at radius 2 is 2.05 bits per heavy atom. The lowest BCUT2D eigenvalue weighted by atomic mass is 10.0. The molecule has 0 saturated carbocycles. The zero-order valence-electron chi connectivity index (χ0n) is 12.8. The summed E-state index contributed by atoms with van der Waals surface area (Å²) in [5, 5.41) is 16.5. The van der Waals surface area contributed by atoms with Gasteiger partial charge in [-0.05, 0) is 30.2 Å². The molecule has 118 valence electrons. The van der Waals surface area contributed by atoms with Crippen LogP contribution in [0, 0.1) is 5.92 Å². The summed E-state index contributed by atoms with van der Waals surface area (Å²) in [5.74, 6) is -0.440. The van der Waals surface area contributed by atoms with Crippen LogP contribution in [0.1, 0.15) is 43.3 Å². The highest BCUT2D eigenvalue weighted by Crippen LogP contribution is 2.11. The minimum atomic E-state index is -0.577. The van der Waals surface area contributed by atoms with Crippen LogP contribution in [0.15, 0.2) is 17.5 Å². The van der Waals surface area contributed by atoms with Crippen molar-refractivity contribution >= 4 is 23.2 Å². The van der Waals surface area contributed by atoms with Crippen molar-refractivity contribution in [3.63, 3.8) is 0 Å². The number of rotatable bonds is 8. The molecule has 5 nitrogen and oxygen atoms in total. The van der Waals surface area contributed by atoms with Gasteiger partial charge in [-0.3, -0.25) is 9.59 Å². The monoisotopic (exact) mass is 312 g/mol. The number of hydrogen-bond donors (Lipinski definition) is 3. The summed E-state index contributed by atoms with van der Waals surface area (Å²) < 4.78 is 0. The maximum absolute atomic E-state index is 12.3. The van der Waals surface area contributed by atoms with Crippen LogP contribution < -0.4 is 10.6 Å². The number of hydrogen-bond acceptors (Lipinski definition) is 4. The molecule has 1 aromatic rings. The molecular formula is C15H24N2O3S. The Bertz CT molecular complexity index is 446. The first-order valence-electron chi connectivity index (χ1n) is 7.25. The van der Waals surface area contributed by atoms with Crippen LogP contribution in [-0.4, -0.2) is 35.6 Å². The molecule has 0 radical (unpaired) electrons. The van der Waals surface area contributed by atoms with Crippen molar-refractivity contribution in [1.82, 2.24) is 10.6 Å². The third kappa shape index (κ3) is 5.47. The highest BCUT2D eigenvalue weighted by molar-refractivity contribution is 7.12. The maximum atomic E-state index is 12.3. The van der Waals surface area contributed by atoms with Gasteiger partial charge in [-0.25, -0.2) is 0 Å². The van der Waals surface area contributed by atoms with E-state index in [0.29, 0.717) is 11.3 Å². The van der Waals surface area contributed by atoms with Gasteiger partial charge in [0.15, 0.2) is 0 Å². The summed E-state index contributed by atoms with van der Waals surface area (Å²) in [4.78, 5) is 25.0. The zero-order chi connectivity index (χ0) is 15.8. The van der Waals surface area contributed by atoms with Gasteiger partial charge in [0.1, 0.15) is 6.04 Å². The second kappa shape index (κ2) is 8.79. The molecule has 0 aliphatic heterocycles. The molecule has 6 heteroatoms. The van der Waals surface area contributed by atoms with Crippen molar-refractivity contribution in [2.24, 2.45) is 5.92 Å². The number of aliphatic hydroxyl groups excluding tert-OH is 1. The molecule has 2 amide bonds. The maximum Gasteiger partial charge on any atom is 0.262 e. The normalized spacial score (nSPS) is 13.8. The minimum absolute atomic E-state index is 0.0134. The molecule has 0 spiro atoms. The van der Waals surface area contributed by atoms with Gasteiger partial charge in [0, 0.05) is 12.6 Å². The van der Waals surface area contributed by atoms with Gasteiger partial charge in [0.25, 0.3) is 5.91 Å². The summed E-state index contributed by atoms with van der Waals surface area (Å²) >= 11 is 1.35. The van der Waals surface area contributed by atoms with E-state index in [0.717, 1.165) is 6.42 Å². The molecule has 0 aliphatic carbocycles. The second-order valence-corrected chi connectivity index (χ2v) is 6.25. The van der Waals surface area contributed by atoms with Crippen molar-refractivity contribution < 1.29 is 14.7 Å². The first kappa shape index (κ1) is 17.7. The number of carbonyl (C=O) groups excluding carboxylic acids is 2. The fourth-order valence-electron chi connectivity index (χ4n) is 1.98. The Kier molecular flexibility index (Phi) is 7.39. The smallest absolute Gasteiger partial charge is 0.262 e. The van der Waals surface area contributed by atoms with E-state index in [1.807, 2.05) is 26.2 Å². The highest BCUT2D eigenvalue weighted by atomic mass is 32.1. The van der Waals surface area contributed by atoms with Crippen molar-refractivity contribution in [1.29, 1.82) is 0 Å². The fourth-order valence-corrected chi connectivity index (χ4v) is 2.61. The van der Waals surface area contributed by atoms with Crippen molar-refractivity contribution in [2.45, 2.75) is 45.7 Å². The van der Waals surface area contributed by atoms with Crippen LogP contribution in [0.3, 0.4) is 0 Å². The number of nitrogens with one attached hydrogen (secondary N) is 2. The van der Waals surface area contributed by atoms with E-state index in [9.17, 15) is 9.59 Å². The molecule has 0 aromatic carbocycles. The van der Waals surface area contributed by atoms with Crippen molar-refractivity contribution in [3.8, 4) is 0 Å². The molecule has 3 N–H and O–H groups in total. The molecular weight excluding hydrogens is 288 g/mol. The van der Waals surface area contributed by atoms with Crippen LogP contribution in [0.2, 0.25) is 0 Å². The number of amides is 2. The summed E-state index contributed by atoms with van der Waals surface area (Å²) in [6.45, 7) is 5.78. The van der Waals surface area contributed by atoms with Crippen LogP contribution in [0.4, 0.5) is 0 Å². The van der Waals surface area contributed by atoms with Gasteiger partial charge < -0.3 is 15.7 Å². The van der Waals surface area contributed by atoms with E-state index in [4.69, 9.17) is 5.11 Å². The Hall–Kier alpha value is -1.40. The molecule has 0 saturated heterocycles. The third-order valence-electron chi connectivity index (χ3n) is 3.30. The first-order chi connectivity index (χ1) is 9.99. The molecule has 1 aromatic heterocycles. The predicted octanol–water partition coefficient (Wildman–Crippen LogP) is 1.78. The van der Waals surface area contributed by atoms with E-state index < -0.39 is 6.04 Å². The van der Waals surface area contributed by atoms with E-state index in [1.165, 1.54) is 11.3 Å². The van der Waals surface area contributed by atoms with Gasteiger partial charge in [-0.2, -0.15) is 0 Å². The lowest BCUT2D eigenvalue weighted by molar-refractivity contribution is -0.124. The van der Waals surface area contributed by atoms with E-state index in [-0.39, 0.29) is 30.4 Å². The second-order valence-electron chi connectivity index (χ2n) is 5.30. The SMILES string of the molecule is CCC(CCO)NC(=O)C(NC(=O)c1cccs1)C(C)C. The van der Waals surface area contributed by atoms with Crippen LogP contribution in [0.5, 0.6) is 0 Å². The zero-order valence-corrected chi connectivity index (χ0v) is 13.6. The Morgan fingerprint density at radius 1 is 1.33 bits per heavy atom. The van der Waals surface area contributed by atoms with Crippen LogP contribution in [-0.2, 0) is 4.79 Å². The lowest BCUT2D eigenvalue weighted by Gasteiger charge is -2.24. The van der Waals surface area contributed by atoms with E-state index in [1.54, 1.807) is 12.1 Å². The van der Waals surface area contributed by atoms with Crippen LogP contribution >= 0.6 is 11.3 Å². The largest absolute Gasteiger partial charge is 0.396 e. The Morgan fingerprint density at radius 3 is 2.52 bits per heavy atom. The van der Waals surface area contributed by atoms with Gasteiger partial charge in [-0.1, -0.05) is 26.8 Å². The van der Waals surface area contributed by atoms with Crippen molar-refractivity contribution in [3.05, 3.63) is 22.4 Å². The average Bonchev–Trinajstić information content (AvgIpc) is 2.97. The molecule has 2 unspecified atom stereocenters. The first-order valence-corrected chi connectivity index (χ1v) is 8.13. The van der Waals surface area contributed by atoms with Gasteiger partial charge >= 0.3 is 0 Å². The summed E-state index contributed by atoms with van der Waals surface area (Å²) in [6, 6.07) is 2.89. The van der Waals surface area contributed by atoms with Gasteiger partial charge in [0.2, 0.25) is 5.91 Å². The van der Waals surface area contributed by atoms with Gasteiger partial charge in [-0.15, -0.1) is 11.3 Å². The Balaban J connectivity index is 2.68. The third-order valence-corrected chi connectivity index (χ3v) is 4.17. The predicted molar refractivity (Wildman–Crippen MR) is 84.3 cm³/mol. The Labute approximate surface area is 129 Å². The molecule has 2 atom stereocenters. The molecule has 1 rings (SSSR count). The summed E-state index contributed by atoms with van der Waals surface area (Å²) in [5.41, 5.74) is 0. The fraction of sp³-hybridized carbons (Fsp3) is 0.600. The van der Waals surface area contributed by atoms with Crippen LogP contribution in [0.25, 0.3) is 0 Å². The average molecular weight is 312 g/mol. The van der Waals surface area contributed by atoms with Gasteiger partial charge in [0.05, 0.1) is 4.88 Å². The standard InChI is InChI=1S/C15H24N2O3S/c1-4-11(7-8-18)16-15(20)13(10(2)3)17-14(19)12-6-5-9-21-12/h5-6,9-11,13,18H,4,7-8H2,1-3H3,(H,16,20)(H,17,19). The topological polar surface area (TPSA) is 78.4 Å². The minimum Gasteiger partial charge on any atom is -0.396 e. The highest BCUT2D eigenvalue weighted by Gasteiger charge is 2.26. The quantitative estimate of drug-likeness (QED) is 0.684. The lowest BCUT2D eigenvalue weighted by Crippen LogP contribution is -2.52. The van der Waals surface area contributed by atoms with E-state index >= 15 is 0 Å². The number of aliphatic hydroxyl groups is 1. The number of thiophene rings is 1. The number of carbonyl (C=O) groups is 2.